The third kappa shape index (κ3) is 4.91. The number of ether oxygens (including phenoxy) is 1. The van der Waals surface area contributed by atoms with E-state index in [4.69, 9.17) is 9.72 Å². The van der Waals surface area contributed by atoms with E-state index in [1.165, 1.54) is 15.0 Å². The molecule has 0 aliphatic rings. The summed E-state index contributed by atoms with van der Waals surface area (Å²) in [4.78, 5) is 48.2. The summed E-state index contributed by atoms with van der Waals surface area (Å²) in [6, 6.07) is 7.83. The maximum absolute atomic E-state index is 14.4. The highest BCUT2D eigenvalue weighted by atomic mass is 19.1. The molecule has 10 heteroatoms. The number of aryl methyl sites for hydroxylation is 2. The zero-order chi connectivity index (χ0) is 26.7. The topological polar surface area (TPSA) is 95.0 Å². The first-order valence-electron chi connectivity index (χ1n) is 12.0. The minimum atomic E-state index is -1.21. The zero-order valence-corrected chi connectivity index (χ0v) is 20.8. The standard InChI is InChI=1S/C27H26F2N4O4/c1-4-6-7-13-32-23-17(26(35)33-14-9-10-16(3)22(33)30-23)15-18(27(36)37-5-2)24(32)31-25(34)21-19(28)11-8-12-20(21)29/h8-12,14-15H,4-7,13H2,1-3H3. The Morgan fingerprint density at radius 2 is 1.78 bits per heavy atom. The minimum absolute atomic E-state index is 0.0240. The molecule has 1 aromatic carbocycles. The molecule has 0 fully saturated rings. The summed E-state index contributed by atoms with van der Waals surface area (Å²) < 4.78 is 36.8. The van der Waals surface area contributed by atoms with Crippen molar-refractivity contribution < 1.29 is 23.1 Å². The zero-order valence-electron chi connectivity index (χ0n) is 20.8. The number of aromatic nitrogens is 3. The summed E-state index contributed by atoms with van der Waals surface area (Å²) in [5.74, 6) is -4.20. The molecule has 192 valence electrons. The van der Waals surface area contributed by atoms with Crippen LogP contribution in [0.25, 0.3) is 16.7 Å². The van der Waals surface area contributed by atoms with Gasteiger partial charge in [-0.3, -0.25) is 14.0 Å². The van der Waals surface area contributed by atoms with Gasteiger partial charge in [-0.05, 0) is 50.1 Å². The minimum Gasteiger partial charge on any atom is -0.462 e. The number of unbranched alkanes of at least 4 members (excludes halogenated alkanes) is 2. The second-order valence-electron chi connectivity index (χ2n) is 8.51. The van der Waals surface area contributed by atoms with E-state index in [9.17, 15) is 23.2 Å². The Morgan fingerprint density at radius 3 is 2.46 bits per heavy atom. The highest BCUT2D eigenvalue weighted by molar-refractivity contribution is 5.97. The molecule has 8 nitrogen and oxygen atoms in total. The number of rotatable bonds is 7. The van der Waals surface area contributed by atoms with Crippen LogP contribution in [0.1, 0.15) is 59.4 Å². The van der Waals surface area contributed by atoms with Crippen molar-refractivity contribution >= 4 is 28.6 Å². The Balaban J connectivity index is 2.15. The molecule has 3 heterocycles. The maximum Gasteiger partial charge on any atom is 0.341 e. The molecular formula is C27H26F2N4O4. The Morgan fingerprint density at radius 1 is 1.05 bits per heavy atom. The molecule has 37 heavy (non-hydrogen) atoms. The van der Waals surface area contributed by atoms with Crippen molar-refractivity contribution in [2.75, 3.05) is 6.61 Å². The van der Waals surface area contributed by atoms with E-state index >= 15 is 0 Å². The van der Waals surface area contributed by atoms with Gasteiger partial charge in [0.2, 0.25) is 0 Å². The van der Waals surface area contributed by atoms with Crippen molar-refractivity contribution in [2.45, 2.75) is 46.6 Å². The Bertz CT molecular complexity index is 1640. The van der Waals surface area contributed by atoms with Crippen molar-refractivity contribution in [2.24, 2.45) is 4.99 Å². The van der Waals surface area contributed by atoms with Crippen LogP contribution in [-0.2, 0) is 11.3 Å². The number of amides is 1. The number of halogens is 2. The van der Waals surface area contributed by atoms with Crippen molar-refractivity contribution in [1.29, 1.82) is 0 Å². The van der Waals surface area contributed by atoms with Gasteiger partial charge in [-0.2, -0.15) is 4.99 Å². The first-order chi connectivity index (χ1) is 17.8. The van der Waals surface area contributed by atoms with Crippen molar-refractivity contribution in [3.63, 3.8) is 0 Å². The van der Waals surface area contributed by atoms with E-state index in [2.05, 4.69) is 4.99 Å². The number of nitrogens with zero attached hydrogens (tertiary/aromatic N) is 4. The Labute approximate surface area is 210 Å². The lowest BCUT2D eigenvalue weighted by Crippen LogP contribution is -2.33. The molecular weight excluding hydrogens is 482 g/mol. The van der Waals surface area contributed by atoms with Crippen LogP contribution in [0.15, 0.2) is 52.4 Å². The molecule has 1 amide bonds. The first-order valence-corrected chi connectivity index (χ1v) is 12.0. The molecule has 0 atom stereocenters. The molecule has 0 unspecified atom stereocenters. The molecule has 0 spiro atoms. The van der Waals surface area contributed by atoms with Gasteiger partial charge in [-0.1, -0.05) is 31.9 Å². The second-order valence-corrected chi connectivity index (χ2v) is 8.51. The highest BCUT2D eigenvalue weighted by Gasteiger charge is 2.22. The predicted octanol–water partition coefficient (Wildman–Crippen LogP) is 4.34. The van der Waals surface area contributed by atoms with Gasteiger partial charge in [0.15, 0.2) is 5.49 Å². The van der Waals surface area contributed by atoms with Gasteiger partial charge in [0, 0.05) is 12.7 Å². The third-order valence-corrected chi connectivity index (χ3v) is 5.97. The van der Waals surface area contributed by atoms with Crippen LogP contribution in [0.3, 0.4) is 0 Å². The molecule has 0 saturated carbocycles. The predicted molar refractivity (Wildman–Crippen MR) is 133 cm³/mol. The van der Waals surface area contributed by atoms with Crippen molar-refractivity contribution in [1.82, 2.24) is 14.0 Å². The summed E-state index contributed by atoms with van der Waals surface area (Å²) >= 11 is 0. The summed E-state index contributed by atoms with van der Waals surface area (Å²) in [7, 11) is 0. The van der Waals surface area contributed by atoms with Gasteiger partial charge in [0.25, 0.3) is 11.5 Å². The van der Waals surface area contributed by atoms with Crippen LogP contribution in [0, 0.1) is 18.6 Å². The fourth-order valence-electron chi connectivity index (χ4n) is 4.15. The molecule has 3 aromatic heterocycles. The summed E-state index contributed by atoms with van der Waals surface area (Å²) in [6.07, 6.45) is 3.87. The normalized spacial score (nSPS) is 11.9. The molecule has 0 aliphatic heterocycles. The van der Waals surface area contributed by atoms with Crippen LogP contribution < -0.4 is 11.0 Å². The van der Waals surface area contributed by atoms with Gasteiger partial charge >= 0.3 is 5.97 Å². The number of hydrogen-bond acceptors (Lipinski definition) is 5. The van der Waals surface area contributed by atoms with E-state index in [-0.39, 0.29) is 35.2 Å². The summed E-state index contributed by atoms with van der Waals surface area (Å²) in [6.45, 7) is 5.69. The SMILES string of the molecule is CCCCCn1c(=NC(=O)c2c(F)cccc2F)c(C(=O)OCC)cc2c(=O)n3cccc(C)c3nc21. The lowest BCUT2D eigenvalue weighted by molar-refractivity contribution is 0.0523. The van der Waals surface area contributed by atoms with E-state index in [1.54, 1.807) is 32.2 Å². The average molecular weight is 509 g/mol. The molecule has 4 rings (SSSR count). The second kappa shape index (κ2) is 10.8. The number of carbonyl (C=O) groups is 2. The maximum atomic E-state index is 14.4. The number of esters is 1. The quantitative estimate of drug-likeness (QED) is 0.210. The number of pyridine rings is 2. The average Bonchev–Trinajstić information content (AvgIpc) is 2.86. The molecule has 0 N–H and O–H groups in total. The smallest absolute Gasteiger partial charge is 0.341 e. The number of benzene rings is 1. The Kier molecular flexibility index (Phi) is 7.56. The molecule has 0 bridgehead atoms. The van der Waals surface area contributed by atoms with E-state index in [0.717, 1.165) is 36.6 Å². The summed E-state index contributed by atoms with van der Waals surface area (Å²) in [5, 5.41) is 0.117. The van der Waals surface area contributed by atoms with E-state index < -0.39 is 34.6 Å². The van der Waals surface area contributed by atoms with E-state index in [1.807, 2.05) is 6.92 Å². The fraction of sp³-hybridized carbons (Fsp3) is 0.296. The largest absolute Gasteiger partial charge is 0.462 e. The van der Waals surface area contributed by atoms with Crippen LogP contribution in [-0.4, -0.2) is 32.4 Å². The molecule has 0 radical (unpaired) electrons. The van der Waals surface area contributed by atoms with Crippen LogP contribution in [0.5, 0.6) is 0 Å². The lowest BCUT2D eigenvalue weighted by atomic mass is 10.1. The monoisotopic (exact) mass is 508 g/mol. The molecule has 4 aromatic rings. The van der Waals surface area contributed by atoms with Crippen LogP contribution >= 0.6 is 0 Å². The van der Waals surface area contributed by atoms with Crippen molar-refractivity contribution in [3.05, 3.63) is 86.8 Å². The first kappa shape index (κ1) is 25.9. The van der Waals surface area contributed by atoms with Gasteiger partial charge in [0.1, 0.15) is 34.1 Å². The molecule has 0 aliphatic carbocycles. The van der Waals surface area contributed by atoms with Crippen LogP contribution in [0.4, 0.5) is 8.78 Å². The number of fused-ring (bicyclic) bond motifs is 2. The fourth-order valence-corrected chi connectivity index (χ4v) is 4.15. The van der Waals surface area contributed by atoms with E-state index in [0.29, 0.717) is 12.1 Å². The van der Waals surface area contributed by atoms with Gasteiger partial charge in [-0.25, -0.2) is 18.6 Å². The van der Waals surface area contributed by atoms with Crippen molar-refractivity contribution in [3.8, 4) is 0 Å². The van der Waals surface area contributed by atoms with Crippen LogP contribution in [0.2, 0.25) is 0 Å². The highest BCUT2D eigenvalue weighted by Crippen LogP contribution is 2.16. The van der Waals surface area contributed by atoms with Gasteiger partial charge in [0.05, 0.1) is 12.0 Å². The third-order valence-electron chi connectivity index (χ3n) is 5.97. The molecule has 0 saturated heterocycles. The van der Waals surface area contributed by atoms with Gasteiger partial charge in [-0.15, -0.1) is 0 Å². The summed E-state index contributed by atoms with van der Waals surface area (Å²) in [5.41, 5.74) is -0.299. The van der Waals surface area contributed by atoms with Gasteiger partial charge < -0.3 is 9.30 Å². The number of carbonyl (C=O) groups excluding carboxylic acids is 2. The number of hydrogen-bond donors (Lipinski definition) is 0. The Hall–Kier alpha value is -4.21. The lowest BCUT2D eigenvalue weighted by Gasteiger charge is -2.15.